The van der Waals surface area contributed by atoms with Crippen LogP contribution >= 0.6 is 0 Å². The molecule has 0 saturated heterocycles. The maximum atomic E-state index is 14.3. The van der Waals surface area contributed by atoms with Crippen LogP contribution in [0.5, 0.6) is 11.5 Å². The number of carboxylic acid groups (broad SMARTS) is 1. The van der Waals surface area contributed by atoms with Crippen LogP contribution in [0.25, 0.3) is 17.0 Å². The molecule has 110 valence electrons. The molecule has 0 unspecified atom stereocenters. The molecule has 0 bridgehead atoms. The van der Waals surface area contributed by atoms with Crippen molar-refractivity contribution in [2.45, 2.75) is 0 Å². The van der Waals surface area contributed by atoms with Gasteiger partial charge in [0.05, 0.1) is 5.56 Å². The predicted molar refractivity (Wildman–Crippen MR) is 81.8 cm³/mol. The molecule has 0 atom stereocenters. The summed E-state index contributed by atoms with van der Waals surface area (Å²) in [6.45, 7) is 3.70. The molecule has 0 amide bonds. The van der Waals surface area contributed by atoms with E-state index in [9.17, 15) is 9.18 Å². The number of hydrogen-bond acceptors (Lipinski definition) is 2. The Kier molecular flexibility index (Phi) is 3.39. The van der Waals surface area contributed by atoms with Gasteiger partial charge in [0, 0.05) is 28.7 Å². The summed E-state index contributed by atoms with van der Waals surface area (Å²) in [5, 5.41) is 9.77. The fourth-order valence-corrected chi connectivity index (χ4v) is 2.30. The lowest BCUT2D eigenvalue weighted by molar-refractivity contribution is 0.0696. The number of ether oxygens (including phenoxy) is 1. The Morgan fingerprint density at radius 1 is 1.32 bits per heavy atom. The van der Waals surface area contributed by atoms with E-state index in [1.807, 2.05) is 0 Å². The Bertz CT molecular complexity index is 883. The van der Waals surface area contributed by atoms with Gasteiger partial charge < -0.3 is 14.8 Å². The first-order valence-corrected chi connectivity index (χ1v) is 6.53. The molecule has 0 saturated carbocycles. The highest BCUT2D eigenvalue weighted by molar-refractivity contribution is 5.91. The van der Waals surface area contributed by atoms with E-state index in [1.165, 1.54) is 24.3 Å². The second-order valence-corrected chi connectivity index (χ2v) is 4.68. The van der Waals surface area contributed by atoms with Gasteiger partial charge in [-0.2, -0.15) is 0 Å². The second-order valence-electron chi connectivity index (χ2n) is 4.68. The Labute approximate surface area is 125 Å². The Morgan fingerprint density at radius 2 is 2.14 bits per heavy atom. The third-order valence-electron chi connectivity index (χ3n) is 3.31. The maximum absolute atomic E-state index is 14.3. The lowest BCUT2D eigenvalue weighted by atomic mass is 10.1. The second kappa shape index (κ2) is 5.37. The van der Waals surface area contributed by atoms with Crippen molar-refractivity contribution in [3.05, 3.63) is 66.1 Å². The molecule has 0 radical (unpaired) electrons. The molecule has 1 aromatic heterocycles. The van der Waals surface area contributed by atoms with Crippen molar-refractivity contribution in [1.82, 2.24) is 4.98 Å². The maximum Gasteiger partial charge on any atom is 0.335 e. The molecular weight excluding hydrogens is 285 g/mol. The number of aromatic carboxylic acids is 1. The van der Waals surface area contributed by atoms with E-state index in [1.54, 1.807) is 24.4 Å². The van der Waals surface area contributed by atoms with Gasteiger partial charge in [0.15, 0.2) is 11.6 Å². The third kappa shape index (κ3) is 2.33. The minimum absolute atomic E-state index is 0.0182. The fourth-order valence-electron chi connectivity index (χ4n) is 2.30. The smallest absolute Gasteiger partial charge is 0.335 e. The van der Waals surface area contributed by atoms with E-state index in [0.717, 1.165) is 5.39 Å². The quantitative estimate of drug-likeness (QED) is 0.748. The zero-order chi connectivity index (χ0) is 15.7. The van der Waals surface area contributed by atoms with Crippen LogP contribution in [0.4, 0.5) is 4.39 Å². The van der Waals surface area contributed by atoms with Gasteiger partial charge >= 0.3 is 5.97 Å². The highest BCUT2D eigenvalue weighted by atomic mass is 19.1. The summed E-state index contributed by atoms with van der Waals surface area (Å²) < 4.78 is 19.9. The van der Waals surface area contributed by atoms with Crippen molar-refractivity contribution in [1.29, 1.82) is 0 Å². The van der Waals surface area contributed by atoms with Crippen LogP contribution in [0, 0.1) is 5.82 Å². The third-order valence-corrected chi connectivity index (χ3v) is 3.31. The molecule has 2 N–H and O–H groups in total. The highest BCUT2D eigenvalue weighted by Crippen LogP contribution is 2.35. The van der Waals surface area contributed by atoms with Crippen LogP contribution in [0.15, 0.2) is 49.2 Å². The van der Waals surface area contributed by atoms with Crippen molar-refractivity contribution in [3.8, 4) is 11.5 Å². The van der Waals surface area contributed by atoms with Crippen LogP contribution < -0.4 is 4.74 Å². The standard InChI is InChI=1S/C17H12FNO3/c1-2-12-13-6-7-19-15(13)9-14(18)16(12)22-11-5-3-4-10(8-11)17(20)21/h2-9,19H,1H2,(H,20,21). The van der Waals surface area contributed by atoms with Crippen LogP contribution in [-0.4, -0.2) is 16.1 Å². The van der Waals surface area contributed by atoms with Gasteiger partial charge in [0.1, 0.15) is 5.75 Å². The van der Waals surface area contributed by atoms with Gasteiger partial charge in [-0.15, -0.1) is 0 Å². The average Bonchev–Trinajstić information content (AvgIpc) is 2.96. The van der Waals surface area contributed by atoms with E-state index in [4.69, 9.17) is 9.84 Å². The molecule has 0 aliphatic heterocycles. The summed E-state index contributed by atoms with van der Waals surface area (Å²) in [5.74, 6) is -1.36. The Hall–Kier alpha value is -3.08. The zero-order valence-electron chi connectivity index (χ0n) is 11.5. The van der Waals surface area contributed by atoms with Crippen LogP contribution in [0.3, 0.4) is 0 Å². The number of carbonyl (C=O) groups is 1. The molecule has 0 aliphatic carbocycles. The first kappa shape index (κ1) is 13.9. The topological polar surface area (TPSA) is 62.3 Å². The van der Waals surface area contributed by atoms with E-state index >= 15 is 0 Å². The van der Waals surface area contributed by atoms with E-state index in [-0.39, 0.29) is 17.1 Å². The van der Waals surface area contributed by atoms with Gasteiger partial charge in [0.2, 0.25) is 0 Å². The van der Waals surface area contributed by atoms with Crippen LogP contribution in [-0.2, 0) is 0 Å². The molecule has 3 rings (SSSR count). The zero-order valence-corrected chi connectivity index (χ0v) is 11.5. The van der Waals surface area contributed by atoms with Gasteiger partial charge in [0.25, 0.3) is 0 Å². The molecular formula is C17H12FNO3. The molecule has 22 heavy (non-hydrogen) atoms. The molecule has 4 nitrogen and oxygen atoms in total. The minimum Gasteiger partial charge on any atom is -0.478 e. The van der Waals surface area contributed by atoms with Gasteiger partial charge in [-0.1, -0.05) is 18.7 Å². The fraction of sp³-hybridized carbons (Fsp3) is 0. The number of hydrogen-bond donors (Lipinski definition) is 2. The SMILES string of the molecule is C=Cc1c(Oc2cccc(C(=O)O)c2)c(F)cc2[nH]ccc12. The van der Waals surface area contributed by atoms with Crippen molar-refractivity contribution in [3.63, 3.8) is 0 Å². The lowest BCUT2D eigenvalue weighted by Crippen LogP contribution is -1.97. The molecule has 0 spiro atoms. The molecule has 5 heteroatoms. The monoisotopic (exact) mass is 297 g/mol. The summed E-state index contributed by atoms with van der Waals surface area (Å²) in [4.78, 5) is 13.9. The average molecular weight is 297 g/mol. The number of H-pyrrole nitrogens is 1. The first-order chi connectivity index (χ1) is 10.6. The lowest BCUT2D eigenvalue weighted by Gasteiger charge is -2.11. The van der Waals surface area contributed by atoms with Crippen molar-refractivity contribution in [2.24, 2.45) is 0 Å². The Morgan fingerprint density at radius 3 is 2.86 bits per heavy atom. The molecule has 3 aromatic rings. The number of aromatic amines is 1. The van der Waals surface area contributed by atoms with E-state index in [0.29, 0.717) is 11.1 Å². The summed E-state index contributed by atoms with van der Waals surface area (Å²) in [7, 11) is 0. The minimum atomic E-state index is -1.07. The number of rotatable bonds is 4. The number of halogens is 1. The van der Waals surface area contributed by atoms with Gasteiger partial charge in [-0.25, -0.2) is 9.18 Å². The number of benzene rings is 2. The van der Waals surface area contributed by atoms with Crippen molar-refractivity contribution >= 4 is 22.9 Å². The van der Waals surface area contributed by atoms with Gasteiger partial charge in [-0.3, -0.25) is 0 Å². The summed E-state index contributed by atoms with van der Waals surface area (Å²) in [5.41, 5.74) is 1.22. The van der Waals surface area contributed by atoms with Crippen LogP contribution in [0.2, 0.25) is 0 Å². The first-order valence-electron chi connectivity index (χ1n) is 6.53. The van der Waals surface area contributed by atoms with Crippen molar-refractivity contribution < 1.29 is 19.0 Å². The Balaban J connectivity index is 2.10. The van der Waals surface area contributed by atoms with E-state index in [2.05, 4.69) is 11.6 Å². The highest BCUT2D eigenvalue weighted by Gasteiger charge is 2.15. The number of aromatic nitrogens is 1. The van der Waals surface area contributed by atoms with Crippen molar-refractivity contribution in [2.75, 3.05) is 0 Å². The van der Waals surface area contributed by atoms with Crippen LogP contribution in [0.1, 0.15) is 15.9 Å². The summed E-state index contributed by atoms with van der Waals surface area (Å²) in [6, 6.07) is 9.02. The molecule has 2 aromatic carbocycles. The number of carboxylic acids is 1. The molecule has 0 aliphatic rings. The summed E-state index contributed by atoms with van der Waals surface area (Å²) in [6.07, 6.45) is 3.21. The number of nitrogens with one attached hydrogen (secondary N) is 1. The molecule has 0 fully saturated rings. The number of fused-ring (bicyclic) bond motifs is 1. The van der Waals surface area contributed by atoms with E-state index < -0.39 is 11.8 Å². The largest absolute Gasteiger partial charge is 0.478 e. The predicted octanol–water partition coefficient (Wildman–Crippen LogP) is 4.44. The van der Waals surface area contributed by atoms with Gasteiger partial charge in [-0.05, 0) is 24.3 Å². The summed E-state index contributed by atoms with van der Waals surface area (Å²) >= 11 is 0. The normalized spacial score (nSPS) is 10.6. The molecule has 1 heterocycles.